The lowest BCUT2D eigenvalue weighted by molar-refractivity contribution is -0.836. The van der Waals surface area contributed by atoms with E-state index in [1.165, 1.54) is 28.0 Å². The molecule has 6 nitrogen and oxygen atoms in total. The summed E-state index contributed by atoms with van der Waals surface area (Å²) >= 11 is 0. The molecule has 1 aromatic carbocycles. The van der Waals surface area contributed by atoms with Crippen molar-refractivity contribution in [2.75, 3.05) is 42.3 Å². The highest BCUT2D eigenvalue weighted by Gasteiger charge is 1.96. The summed E-state index contributed by atoms with van der Waals surface area (Å²) in [5.41, 5.74) is -0.339. The largest absolute Gasteiger partial charge is 0.545 e. The van der Waals surface area contributed by atoms with E-state index in [-0.39, 0.29) is 11.1 Å². The summed E-state index contributed by atoms with van der Waals surface area (Å²) in [4.78, 5) is 23.3. The molecule has 0 unspecified atom stereocenters. The van der Waals surface area contributed by atoms with Crippen LogP contribution in [0, 0.1) is 0 Å². The van der Waals surface area contributed by atoms with E-state index < -0.39 is 11.9 Å². The van der Waals surface area contributed by atoms with Gasteiger partial charge in [-0.3, -0.25) is 0 Å². The Hall–Kier alpha value is -1.92. The fraction of sp³-hybridized carbons (Fsp3) is 0.429. The van der Waals surface area contributed by atoms with Gasteiger partial charge in [0.05, 0.1) is 54.2 Å². The fourth-order valence-corrected chi connectivity index (χ4v) is 0.773. The first-order valence-corrected chi connectivity index (χ1v) is 6.14. The van der Waals surface area contributed by atoms with Crippen LogP contribution in [0.4, 0.5) is 0 Å². The molecule has 20 heavy (non-hydrogen) atoms. The third-order valence-electron chi connectivity index (χ3n) is 1.33. The van der Waals surface area contributed by atoms with Crippen molar-refractivity contribution in [1.29, 1.82) is 0 Å². The molecule has 0 heterocycles. The van der Waals surface area contributed by atoms with Crippen LogP contribution in [-0.2, 0) is 0 Å². The zero-order valence-corrected chi connectivity index (χ0v) is 12.9. The number of nitrogens with one attached hydrogen (secondary N) is 2. The first-order valence-electron chi connectivity index (χ1n) is 6.14. The number of benzene rings is 1. The average Bonchev–Trinajstić information content (AvgIpc) is 2.27. The van der Waals surface area contributed by atoms with Crippen LogP contribution in [0.5, 0.6) is 0 Å². The quantitative estimate of drug-likeness (QED) is 0.578. The van der Waals surface area contributed by atoms with Crippen molar-refractivity contribution >= 4 is 11.9 Å². The van der Waals surface area contributed by atoms with E-state index in [9.17, 15) is 19.8 Å². The fourth-order valence-electron chi connectivity index (χ4n) is 0.773. The Balaban J connectivity index is 0. The van der Waals surface area contributed by atoms with Gasteiger partial charge in [0, 0.05) is 0 Å². The summed E-state index contributed by atoms with van der Waals surface area (Å²) in [7, 11) is 12.5. The van der Waals surface area contributed by atoms with Crippen LogP contribution in [-0.4, -0.2) is 54.2 Å². The first kappa shape index (κ1) is 20.4. The Morgan fingerprint density at radius 1 is 0.800 bits per heavy atom. The van der Waals surface area contributed by atoms with Crippen LogP contribution < -0.4 is 20.0 Å². The van der Waals surface area contributed by atoms with Gasteiger partial charge in [0.15, 0.2) is 0 Å². The normalized spacial score (nSPS) is 9.20. The van der Waals surface area contributed by atoms with Crippen molar-refractivity contribution < 1.29 is 29.6 Å². The third kappa shape index (κ3) is 14.1. The standard InChI is InChI=1S/C8H6O4.2C3H9N/c9-7(10)5-2-1-3-6(4-5)8(11)12;2*1-4(2)3/h1-4H,(H,9,10)(H,11,12);2*1-3H3. The highest BCUT2D eigenvalue weighted by atomic mass is 16.4. The number of carboxylic acids is 2. The molecule has 0 aliphatic carbocycles. The molecule has 1 aromatic rings. The zero-order valence-electron chi connectivity index (χ0n) is 12.9. The van der Waals surface area contributed by atoms with Crippen molar-refractivity contribution in [2.24, 2.45) is 0 Å². The third-order valence-corrected chi connectivity index (χ3v) is 1.33. The van der Waals surface area contributed by atoms with E-state index in [4.69, 9.17) is 0 Å². The molecule has 0 amide bonds. The van der Waals surface area contributed by atoms with Crippen LogP contribution in [0.15, 0.2) is 24.3 Å². The van der Waals surface area contributed by atoms with Gasteiger partial charge >= 0.3 is 0 Å². The van der Waals surface area contributed by atoms with Crippen LogP contribution in [0.3, 0.4) is 0 Å². The first-order chi connectivity index (χ1) is 9.07. The number of quaternary nitrogens is 2. The summed E-state index contributed by atoms with van der Waals surface area (Å²) in [5.74, 6) is -2.81. The molecule has 2 N–H and O–H groups in total. The molecular weight excluding hydrogens is 260 g/mol. The molecule has 0 spiro atoms. The van der Waals surface area contributed by atoms with E-state index in [1.54, 1.807) is 0 Å². The molecule has 114 valence electrons. The summed E-state index contributed by atoms with van der Waals surface area (Å²) in [6.07, 6.45) is 0. The molecule has 0 fully saturated rings. The van der Waals surface area contributed by atoms with Gasteiger partial charge in [0.1, 0.15) is 0 Å². The van der Waals surface area contributed by atoms with Gasteiger partial charge in [-0.2, -0.15) is 0 Å². The molecule has 0 aliphatic heterocycles. The molecule has 0 saturated carbocycles. The summed E-state index contributed by atoms with van der Waals surface area (Å²) in [6.45, 7) is 0. The minimum absolute atomic E-state index is 0.170. The predicted octanol–water partition coefficient (Wildman–Crippen LogP) is -4.06. The van der Waals surface area contributed by atoms with Gasteiger partial charge in [-0.15, -0.1) is 0 Å². The molecule has 0 bridgehead atoms. The average molecular weight is 284 g/mol. The number of hydrogen-bond acceptors (Lipinski definition) is 4. The van der Waals surface area contributed by atoms with E-state index >= 15 is 0 Å². The Bertz CT molecular complexity index is 377. The van der Waals surface area contributed by atoms with Crippen LogP contribution in [0.1, 0.15) is 20.7 Å². The van der Waals surface area contributed by atoms with E-state index in [0.29, 0.717) is 0 Å². The minimum Gasteiger partial charge on any atom is -0.545 e. The van der Waals surface area contributed by atoms with Crippen LogP contribution in [0.25, 0.3) is 0 Å². The monoisotopic (exact) mass is 284 g/mol. The molecule has 0 aliphatic rings. The maximum Gasteiger partial charge on any atom is 0.0715 e. The topological polar surface area (TPSA) is 89.1 Å². The van der Waals surface area contributed by atoms with E-state index in [1.807, 2.05) is 0 Å². The van der Waals surface area contributed by atoms with Crippen LogP contribution >= 0.6 is 0 Å². The van der Waals surface area contributed by atoms with Crippen molar-refractivity contribution in [3.63, 3.8) is 0 Å². The zero-order chi connectivity index (χ0) is 16.3. The highest BCUT2D eigenvalue weighted by Crippen LogP contribution is 2.02. The lowest BCUT2D eigenvalue weighted by Crippen LogP contribution is -3.02. The van der Waals surface area contributed by atoms with Gasteiger partial charge < -0.3 is 29.6 Å². The highest BCUT2D eigenvalue weighted by molar-refractivity contribution is 5.91. The second kappa shape index (κ2) is 11.0. The predicted molar refractivity (Wildman–Crippen MR) is 72.6 cm³/mol. The van der Waals surface area contributed by atoms with Gasteiger partial charge in [0.2, 0.25) is 0 Å². The summed E-state index contributed by atoms with van der Waals surface area (Å²) < 4.78 is 0. The van der Waals surface area contributed by atoms with Crippen molar-refractivity contribution in [1.82, 2.24) is 0 Å². The van der Waals surface area contributed by atoms with Crippen molar-refractivity contribution in [3.8, 4) is 0 Å². The molecule has 0 atom stereocenters. The number of carbonyl (C=O) groups is 2. The lowest BCUT2D eigenvalue weighted by atomic mass is 10.1. The van der Waals surface area contributed by atoms with Crippen LogP contribution in [0.2, 0.25) is 0 Å². The molecular formula is C14H24N2O4. The molecule has 0 aromatic heterocycles. The minimum atomic E-state index is -1.40. The molecule has 6 heteroatoms. The number of carbonyl (C=O) groups excluding carboxylic acids is 2. The van der Waals surface area contributed by atoms with Crippen molar-refractivity contribution in [3.05, 3.63) is 35.4 Å². The Kier molecular flexibility index (Phi) is 11.2. The van der Waals surface area contributed by atoms with Gasteiger partial charge in [-0.1, -0.05) is 18.2 Å². The Morgan fingerprint density at radius 3 is 1.25 bits per heavy atom. The SMILES string of the molecule is C[NH+](C)C.C[NH+](C)C.O=C([O-])c1cccc(C(=O)[O-])c1. The summed E-state index contributed by atoms with van der Waals surface area (Å²) in [5, 5.41) is 20.5. The second-order valence-corrected chi connectivity index (χ2v) is 5.16. The number of hydrogen-bond donors (Lipinski definition) is 2. The second-order valence-electron chi connectivity index (χ2n) is 5.16. The maximum atomic E-state index is 10.3. The molecule has 1 rings (SSSR count). The number of aromatic carboxylic acids is 2. The summed E-state index contributed by atoms with van der Waals surface area (Å²) in [6, 6.07) is 4.81. The van der Waals surface area contributed by atoms with Crippen molar-refractivity contribution in [2.45, 2.75) is 0 Å². The Labute approximate surface area is 120 Å². The van der Waals surface area contributed by atoms with E-state index in [0.717, 1.165) is 6.07 Å². The number of carboxylic acid groups (broad SMARTS) is 2. The Morgan fingerprint density at radius 2 is 1.05 bits per heavy atom. The number of rotatable bonds is 2. The van der Waals surface area contributed by atoms with E-state index in [2.05, 4.69) is 42.3 Å². The maximum absolute atomic E-state index is 10.3. The van der Waals surface area contributed by atoms with Gasteiger partial charge in [-0.25, -0.2) is 0 Å². The van der Waals surface area contributed by atoms with Gasteiger partial charge in [0.25, 0.3) is 0 Å². The molecule has 0 saturated heterocycles. The molecule has 0 radical (unpaired) electrons. The lowest BCUT2D eigenvalue weighted by Gasteiger charge is -2.05. The smallest absolute Gasteiger partial charge is 0.0715 e. The van der Waals surface area contributed by atoms with Gasteiger partial charge in [-0.05, 0) is 17.2 Å².